The number of fused-ring (bicyclic) bond motifs is 1. The van der Waals surface area contributed by atoms with Crippen LogP contribution in [0, 0.1) is 0 Å². The normalized spacial score (nSPS) is 11.1. The van der Waals surface area contributed by atoms with Crippen molar-refractivity contribution in [1.82, 2.24) is 15.3 Å². The van der Waals surface area contributed by atoms with Crippen molar-refractivity contribution in [2.45, 2.75) is 13.0 Å². The van der Waals surface area contributed by atoms with Crippen molar-refractivity contribution in [3.63, 3.8) is 0 Å². The number of nitrogens with one attached hydrogen (secondary N) is 3. The van der Waals surface area contributed by atoms with Crippen LogP contribution in [0.25, 0.3) is 11.0 Å². The summed E-state index contributed by atoms with van der Waals surface area (Å²) < 4.78 is 0. The Morgan fingerprint density at radius 2 is 1.70 bits per heavy atom. The van der Waals surface area contributed by atoms with E-state index in [2.05, 4.69) is 45.6 Å². The van der Waals surface area contributed by atoms with Crippen molar-refractivity contribution in [3.05, 3.63) is 69.6 Å². The molecule has 3 N–H and O–H groups in total. The molecule has 0 spiro atoms. The first-order chi connectivity index (χ1) is 9.74. The number of hydrogen-bond acceptors (Lipinski definition) is 2. The largest absolute Gasteiger partial charge is 0.323 e. The van der Waals surface area contributed by atoms with Crippen molar-refractivity contribution < 1.29 is 0 Å². The molecule has 0 saturated carbocycles. The van der Waals surface area contributed by atoms with Gasteiger partial charge in [0.15, 0.2) is 0 Å². The molecule has 102 valence electrons. The average Bonchev–Trinajstić information content (AvgIpc) is 2.79. The Morgan fingerprint density at radius 3 is 2.55 bits per heavy atom. The Morgan fingerprint density at radius 1 is 0.950 bits per heavy atom. The highest BCUT2D eigenvalue weighted by Crippen LogP contribution is 2.15. The highest BCUT2D eigenvalue weighted by Gasteiger charge is 2.02. The van der Waals surface area contributed by atoms with E-state index in [1.807, 2.05) is 19.2 Å². The van der Waals surface area contributed by atoms with Gasteiger partial charge in [-0.15, -0.1) is 0 Å². The molecule has 0 aliphatic rings. The summed E-state index contributed by atoms with van der Waals surface area (Å²) in [5, 5.41) is 3.16. The molecule has 0 aliphatic heterocycles. The Balaban J connectivity index is 1.88. The summed E-state index contributed by atoms with van der Waals surface area (Å²) in [6.45, 7) is 0.873. The van der Waals surface area contributed by atoms with E-state index in [1.165, 1.54) is 16.7 Å². The third kappa shape index (κ3) is 2.65. The smallest absolute Gasteiger partial charge is 0.316 e. The maximum absolute atomic E-state index is 11.3. The minimum absolute atomic E-state index is 0.159. The van der Waals surface area contributed by atoms with Crippen LogP contribution in [0.3, 0.4) is 0 Å². The number of imidazole rings is 1. The Labute approximate surface area is 116 Å². The molecule has 4 nitrogen and oxygen atoms in total. The van der Waals surface area contributed by atoms with Crippen LogP contribution in [0.1, 0.15) is 16.7 Å². The van der Waals surface area contributed by atoms with Crippen molar-refractivity contribution in [2.75, 3.05) is 7.05 Å². The molecule has 4 heteroatoms. The second kappa shape index (κ2) is 5.35. The van der Waals surface area contributed by atoms with Crippen LogP contribution < -0.4 is 11.0 Å². The van der Waals surface area contributed by atoms with Gasteiger partial charge in [0.05, 0.1) is 11.0 Å². The molecule has 0 unspecified atom stereocenters. The summed E-state index contributed by atoms with van der Waals surface area (Å²) >= 11 is 0. The lowest BCUT2D eigenvalue weighted by Crippen LogP contribution is -2.05. The minimum atomic E-state index is -0.159. The first kappa shape index (κ1) is 12.7. The number of hydrogen-bond donors (Lipinski definition) is 3. The molecule has 0 saturated heterocycles. The summed E-state index contributed by atoms with van der Waals surface area (Å²) in [4.78, 5) is 16.8. The SMILES string of the molecule is CNCc1cccc(Cc2ccc3[nH]c(=O)[nH]c3c2)c1. The van der Waals surface area contributed by atoms with Crippen LogP contribution in [-0.4, -0.2) is 17.0 Å². The van der Waals surface area contributed by atoms with Crippen LogP contribution in [0.5, 0.6) is 0 Å². The van der Waals surface area contributed by atoms with Gasteiger partial charge in [0.2, 0.25) is 0 Å². The van der Waals surface area contributed by atoms with Crippen LogP contribution in [0.2, 0.25) is 0 Å². The van der Waals surface area contributed by atoms with E-state index in [9.17, 15) is 4.79 Å². The molecule has 0 aliphatic carbocycles. The molecular formula is C16H17N3O. The monoisotopic (exact) mass is 267 g/mol. The van der Waals surface area contributed by atoms with E-state index < -0.39 is 0 Å². The molecule has 2 aromatic carbocycles. The number of benzene rings is 2. The molecule has 3 rings (SSSR count). The van der Waals surface area contributed by atoms with Gasteiger partial charge < -0.3 is 15.3 Å². The fourth-order valence-electron chi connectivity index (χ4n) is 2.48. The van der Waals surface area contributed by atoms with Gasteiger partial charge in [-0.25, -0.2) is 4.79 Å². The first-order valence-corrected chi connectivity index (χ1v) is 6.68. The van der Waals surface area contributed by atoms with Gasteiger partial charge >= 0.3 is 5.69 Å². The molecule has 0 radical (unpaired) electrons. The Hall–Kier alpha value is -2.33. The van der Waals surface area contributed by atoms with Crippen molar-refractivity contribution >= 4 is 11.0 Å². The number of aromatic nitrogens is 2. The van der Waals surface area contributed by atoms with Crippen molar-refractivity contribution in [1.29, 1.82) is 0 Å². The van der Waals surface area contributed by atoms with E-state index in [1.54, 1.807) is 0 Å². The summed E-state index contributed by atoms with van der Waals surface area (Å²) in [7, 11) is 1.95. The zero-order valence-corrected chi connectivity index (χ0v) is 11.4. The van der Waals surface area contributed by atoms with E-state index in [0.29, 0.717) is 0 Å². The third-order valence-electron chi connectivity index (χ3n) is 3.36. The lowest BCUT2D eigenvalue weighted by atomic mass is 10.0. The molecule has 0 bridgehead atoms. The summed E-state index contributed by atoms with van der Waals surface area (Å²) in [6, 6.07) is 14.6. The second-order valence-electron chi connectivity index (χ2n) is 4.99. The van der Waals surface area contributed by atoms with Gasteiger partial charge in [-0.1, -0.05) is 30.3 Å². The van der Waals surface area contributed by atoms with E-state index in [-0.39, 0.29) is 5.69 Å². The zero-order chi connectivity index (χ0) is 13.9. The van der Waals surface area contributed by atoms with E-state index in [0.717, 1.165) is 24.0 Å². The minimum Gasteiger partial charge on any atom is -0.316 e. The van der Waals surface area contributed by atoms with Gasteiger partial charge in [0.25, 0.3) is 0 Å². The fourth-order valence-corrected chi connectivity index (χ4v) is 2.48. The predicted octanol–water partition coefficient (Wildman–Crippen LogP) is 2.17. The quantitative estimate of drug-likeness (QED) is 0.678. The van der Waals surface area contributed by atoms with Gasteiger partial charge in [-0.3, -0.25) is 0 Å². The standard InChI is InChI=1S/C16H17N3O/c1-17-10-13-4-2-3-11(8-13)7-12-5-6-14-15(9-12)19-16(20)18-14/h2-6,8-9,17H,7,10H2,1H3,(H2,18,19,20). The zero-order valence-electron chi connectivity index (χ0n) is 11.4. The van der Waals surface area contributed by atoms with Gasteiger partial charge in [-0.05, 0) is 42.3 Å². The molecule has 20 heavy (non-hydrogen) atoms. The maximum Gasteiger partial charge on any atom is 0.323 e. The third-order valence-corrected chi connectivity index (χ3v) is 3.36. The molecule has 1 aromatic heterocycles. The summed E-state index contributed by atoms with van der Waals surface area (Å²) in [5.74, 6) is 0. The molecule has 3 aromatic rings. The topological polar surface area (TPSA) is 60.7 Å². The second-order valence-corrected chi connectivity index (χ2v) is 4.99. The number of H-pyrrole nitrogens is 2. The predicted molar refractivity (Wildman–Crippen MR) is 80.9 cm³/mol. The highest BCUT2D eigenvalue weighted by atomic mass is 16.1. The molecule has 1 heterocycles. The van der Waals surface area contributed by atoms with Crippen molar-refractivity contribution in [2.24, 2.45) is 0 Å². The highest BCUT2D eigenvalue weighted by molar-refractivity contribution is 5.75. The van der Waals surface area contributed by atoms with Crippen LogP contribution in [0.4, 0.5) is 0 Å². The van der Waals surface area contributed by atoms with Crippen LogP contribution in [0.15, 0.2) is 47.3 Å². The first-order valence-electron chi connectivity index (χ1n) is 6.68. The fraction of sp³-hybridized carbons (Fsp3) is 0.188. The summed E-state index contributed by atoms with van der Waals surface area (Å²) in [6.07, 6.45) is 0.862. The number of aromatic amines is 2. The lowest BCUT2D eigenvalue weighted by molar-refractivity contribution is 0.816. The number of rotatable bonds is 4. The van der Waals surface area contributed by atoms with E-state index >= 15 is 0 Å². The van der Waals surface area contributed by atoms with Crippen LogP contribution in [-0.2, 0) is 13.0 Å². The van der Waals surface area contributed by atoms with Gasteiger partial charge in [0.1, 0.15) is 0 Å². The lowest BCUT2D eigenvalue weighted by Gasteiger charge is -2.05. The molecule has 0 fully saturated rings. The Kier molecular flexibility index (Phi) is 3.39. The van der Waals surface area contributed by atoms with E-state index in [4.69, 9.17) is 0 Å². The van der Waals surface area contributed by atoms with Gasteiger partial charge in [-0.2, -0.15) is 0 Å². The van der Waals surface area contributed by atoms with Crippen LogP contribution >= 0.6 is 0 Å². The molecular weight excluding hydrogens is 250 g/mol. The molecule has 0 amide bonds. The van der Waals surface area contributed by atoms with Gasteiger partial charge in [0, 0.05) is 6.54 Å². The Bertz CT molecular complexity index is 786. The average molecular weight is 267 g/mol. The summed E-state index contributed by atoms with van der Waals surface area (Å²) in [5.41, 5.74) is 5.29. The molecule has 0 atom stereocenters. The maximum atomic E-state index is 11.3. The van der Waals surface area contributed by atoms with Crippen molar-refractivity contribution in [3.8, 4) is 0 Å².